The van der Waals surface area contributed by atoms with Crippen molar-refractivity contribution < 1.29 is 14.3 Å². The molecule has 210 valence electrons. The maximum atomic E-state index is 13.5. The van der Waals surface area contributed by atoms with Gasteiger partial charge in [-0.05, 0) is 97.7 Å². The zero-order valence-corrected chi connectivity index (χ0v) is 24.3. The summed E-state index contributed by atoms with van der Waals surface area (Å²) in [6.07, 6.45) is 2.19. The van der Waals surface area contributed by atoms with E-state index in [0.717, 1.165) is 80.9 Å². The molecule has 1 heterocycles. The molecule has 2 aromatic carbocycles. The number of amides is 1. The van der Waals surface area contributed by atoms with Crippen molar-refractivity contribution >= 4 is 40.6 Å². The second-order valence-electron chi connectivity index (χ2n) is 10.2. The highest BCUT2D eigenvalue weighted by Crippen LogP contribution is 2.46. The van der Waals surface area contributed by atoms with E-state index in [4.69, 9.17) is 28.1 Å². The molecule has 0 bridgehead atoms. The predicted octanol–water partition coefficient (Wildman–Crippen LogP) is 4.75. The molecule has 1 aliphatic carbocycles. The van der Waals surface area contributed by atoms with Crippen molar-refractivity contribution in [1.29, 1.82) is 0 Å². The number of fused-ring (bicyclic) bond motifs is 1. The van der Waals surface area contributed by atoms with Crippen LogP contribution >= 0.6 is 23.4 Å². The zero-order valence-electron chi connectivity index (χ0n) is 22.8. The van der Waals surface area contributed by atoms with Crippen LogP contribution in [-0.2, 0) is 4.79 Å². The lowest BCUT2D eigenvalue weighted by molar-refractivity contribution is -0.120. The average Bonchev–Trinajstić information content (AvgIpc) is 3.22. The summed E-state index contributed by atoms with van der Waals surface area (Å²) >= 11 is 11.6. The van der Waals surface area contributed by atoms with Crippen LogP contribution in [0.3, 0.4) is 0 Å². The predicted molar refractivity (Wildman–Crippen MR) is 158 cm³/mol. The molecule has 1 aliphatic heterocycles. The van der Waals surface area contributed by atoms with Crippen LogP contribution in [0.2, 0.25) is 5.02 Å². The lowest BCUT2D eigenvalue weighted by Crippen LogP contribution is -2.47. The number of Topliss-reactive ketones (excluding diaryl/α,β-unsaturated/α-hetero) is 1. The van der Waals surface area contributed by atoms with Gasteiger partial charge in [0.1, 0.15) is 5.75 Å². The number of ether oxygens (including phenoxy) is 1. The Morgan fingerprint density at radius 2 is 1.62 bits per heavy atom. The normalized spacial score (nSPS) is 17.8. The fourth-order valence-corrected chi connectivity index (χ4v) is 5.77. The zero-order chi connectivity index (χ0) is 27.8. The monoisotopic (exact) mass is 572 g/mol. The Hall–Kier alpha value is -2.42. The number of nitrogens with zero attached hydrogens (tertiary/aromatic N) is 2. The first-order valence-electron chi connectivity index (χ1n) is 13.6. The van der Waals surface area contributed by atoms with Gasteiger partial charge < -0.3 is 19.9 Å². The molecule has 0 radical (unpaired) electrons. The Morgan fingerprint density at radius 1 is 0.974 bits per heavy atom. The number of ketones is 1. The maximum Gasteiger partial charge on any atom is 0.224 e. The third kappa shape index (κ3) is 7.62. The Balaban J connectivity index is 1.33. The van der Waals surface area contributed by atoms with Crippen LogP contribution in [0, 0.1) is 0 Å². The van der Waals surface area contributed by atoms with Crippen LogP contribution in [0.25, 0.3) is 5.57 Å². The topological polar surface area (TPSA) is 73.9 Å². The van der Waals surface area contributed by atoms with E-state index in [1.807, 2.05) is 25.1 Å². The van der Waals surface area contributed by atoms with Gasteiger partial charge in [-0.15, -0.1) is 0 Å². The number of rotatable bonds is 13. The summed E-state index contributed by atoms with van der Waals surface area (Å²) in [7, 11) is 1.62. The fourth-order valence-electron chi connectivity index (χ4n) is 5.51. The first kappa shape index (κ1) is 29.6. The van der Waals surface area contributed by atoms with E-state index in [2.05, 4.69) is 20.0 Å². The molecule has 1 unspecified atom stereocenters. The van der Waals surface area contributed by atoms with Crippen molar-refractivity contribution in [3.8, 4) is 5.75 Å². The van der Waals surface area contributed by atoms with Gasteiger partial charge in [0.15, 0.2) is 5.78 Å². The number of hydrogen-bond acceptors (Lipinski definition) is 6. The number of piperazine rings is 1. The fraction of sp³-hybridized carbons (Fsp3) is 0.467. The lowest BCUT2D eigenvalue weighted by atomic mass is 9.88. The van der Waals surface area contributed by atoms with Crippen LogP contribution < -0.4 is 14.9 Å². The van der Waals surface area contributed by atoms with E-state index in [-0.39, 0.29) is 18.1 Å². The molecule has 0 saturated carbocycles. The molecule has 2 aromatic rings. The highest BCUT2D eigenvalue weighted by Gasteiger charge is 2.35. The smallest absolute Gasteiger partial charge is 0.224 e. The largest absolute Gasteiger partial charge is 0.497 e. The number of allylic oxidation sites excluding steroid dienone is 1. The van der Waals surface area contributed by atoms with Crippen molar-refractivity contribution in [1.82, 2.24) is 20.0 Å². The van der Waals surface area contributed by atoms with Gasteiger partial charge in [0, 0.05) is 49.9 Å². The van der Waals surface area contributed by atoms with Crippen molar-refractivity contribution in [3.05, 3.63) is 69.8 Å². The lowest BCUT2D eigenvalue weighted by Gasteiger charge is -2.34. The van der Waals surface area contributed by atoms with Crippen LogP contribution in [-0.4, -0.2) is 81.0 Å². The molecule has 4 rings (SSSR count). The Labute approximate surface area is 241 Å². The number of benzene rings is 2. The Bertz CT molecular complexity index is 1180. The van der Waals surface area contributed by atoms with E-state index in [9.17, 15) is 9.59 Å². The second kappa shape index (κ2) is 14.3. The quantitative estimate of drug-likeness (QED) is 0.205. The van der Waals surface area contributed by atoms with Crippen LogP contribution in [0.5, 0.6) is 5.75 Å². The summed E-state index contributed by atoms with van der Waals surface area (Å²) < 4.78 is 5.45. The molecule has 0 spiro atoms. The van der Waals surface area contributed by atoms with E-state index < -0.39 is 5.92 Å². The van der Waals surface area contributed by atoms with Gasteiger partial charge in [0.05, 0.1) is 19.4 Å². The molecule has 1 fully saturated rings. The summed E-state index contributed by atoms with van der Waals surface area (Å²) in [5.41, 5.74) is 4.23. The number of carbonyl (C=O) groups excluding carboxylic acids is 2. The molecule has 1 saturated heterocycles. The first-order chi connectivity index (χ1) is 18.9. The molecule has 9 heteroatoms. The van der Waals surface area contributed by atoms with Crippen molar-refractivity contribution in [2.45, 2.75) is 32.1 Å². The highest BCUT2D eigenvalue weighted by molar-refractivity contribution is 6.30. The molecule has 2 aliphatic rings. The van der Waals surface area contributed by atoms with E-state index in [1.165, 1.54) is 0 Å². The molecule has 1 atom stereocenters. The molecule has 2 N–H and O–H groups in total. The van der Waals surface area contributed by atoms with Gasteiger partial charge in [-0.25, -0.2) is 4.84 Å². The molecular weight excluding hydrogens is 535 g/mol. The molecule has 1 amide bonds. The third-order valence-electron chi connectivity index (χ3n) is 7.72. The molecule has 0 aromatic heterocycles. The number of carbonyl (C=O) groups is 2. The third-order valence-corrected chi connectivity index (χ3v) is 8.16. The maximum absolute atomic E-state index is 13.5. The number of halogens is 2. The van der Waals surface area contributed by atoms with Crippen LogP contribution in [0.1, 0.15) is 53.6 Å². The molecule has 7 nitrogen and oxygen atoms in total. The number of methoxy groups -OCH3 is 1. The number of hydrogen-bond donors (Lipinski definition) is 2. The van der Waals surface area contributed by atoms with Gasteiger partial charge in [0.25, 0.3) is 0 Å². The van der Waals surface area contributed by atoms with Crippen molar-refractivity contribution in [3.63, 3.8) is 0 Å². The Kier molecular flexibility index (Phi) is 10.8. The summed E-state index contributed by atoms with van der Waals surface area (Å²) in [4.78, 5) is 34.2. The van der Waals surface area contributed by atoms with Gasteiger partial charge in [-0.1, -0.05) is 23.2 Å². The minimum atomic E-state index is -0.431. The first-order valence-corrected chi connectivity index (χ1v) is 14.4. The summed E-state index contributed by atoms with van der Waals surface area (Å²) in [5, 5.41) is 3.68. The van der Waals surface area contributed by atoms with E-state index >= 15 is 0 Å². The Morgan fingerprint density at radius 3 is 2.23 bits per heavy atom. The standard InChI is InChI=1S/C30H38Cl2N4O3/c1-21-26(20-28(37)33-11-3-13-35-15-17-36(18-16-35)14-4-12-34-32)27-19-24(39-2)9-10-25(27)29(21)30(38)22-5-7-23(31)8-6-22/h5-10,19,29,34H,3-4,11-18,20H2,1-2H3,(H,33,37). The minimum Gasteiger partial charge on any atom is -0.497 e. The summed E-state index contributed by atoms with van der Waals surface area (Å²) in [5.74, 6) is 0.242. The summed E-state index contributed by atoms with van der Waals surface area (Å²) in [6.45, 7) is 9.70. The van der Waals surface area contributed by atoms with Gasteiger partial charge in [0.2, 0.25) is 5.91 Å². The highest BCUT2D eigenvalue weighted by atomic mass is 35.5. The number of nitrogens with one attached hydrogen (secondary N) is 2. The molecule has 39 heavy (non-hydrogen) atoms. The van der Waals surface area contributed by atoms with Gasteiger partial charge >= 0.3 is 0 Å². The molecular formula is C30H38Cl2N4O3. The van der Waals surface area contributed by atoms with E-state index in [0.29, 0.717) is 22.9 Å². The van der Waals surface area contributed by atoms with E-state index in [1.54, 1.807) is 31.4 Å². The van der Waals surface area contributed by atoms with Crippen LogP contribution in [0.15, 0.2) is 48.0 Å². The van der Waals surface area contributed by atoms with Gasteiger partial charge in [-0.3, -0.25) is 9.59 Å². The van der Waals surface area contributed by atoms with Crippen LogP contribution in [0.4, 0.5) is 0 Å². The van der Waals surface area contributed by atoms with Gasteiger partial charge in [-0.2, -0.15) is 0 Å². The SMILES string of the molecule is COc1ccc2c(c1)C(CC(=O)NCCCN1CCN(CCCNCl)CC1)=C(C)C2C(=O)c1ccc(Cl)cc1. The summed E-state index contributed by atoms with van der Waals surface area (Å²) in [6, 6.07) is 12.7. The van der Waals surface area contributed by atoms with Crippen molar-refractivity contribution in [2.24, 2.45) is 0 Å². The minimum absolute atomic E-state index is 0.00167. The second-order valence-corrected chi connectivity index (χ2v) is 10.9. The average molecular weight is 574 g/mol. The van der Waals surface area contributed by atoms with Crippen molar-refractivity contribution in [2.75, 3.05) is 59.5 Å².